The predicted molar refractivity (Wildman–Crippen MR) is 67.2 cm³/mol. The summed E-state index contributed by atoms with van der Waals surface area (Å²) in [6.07, 6.45) is 0.655. The summed E-state index contributed by atoms with van der Waals surface area (Å²) < 4.78 is 14.3. The number of nitrogens with one attached hydrogen (secondary N) is 1. The van der Waals surface area contributed by atoms with Crippen LogP contribution in [-0.4, -0.2) is 22.4 Å². The number of rotatable bonds is 4. The molecule has 7 heteroatoms. The van der Waals surface area contributed by atoms with Crippen LogP contribution in [0.15, 0.2) is 10.5 Å². The number of anilines is 1. The van der Waals surface area contributed by atoms with Gasteiger partial charge in [-0.1, -0.05) is 6.92 Å². The first-order valence-corrected chi connectivity index (χ1v) is 6.19. The average Bonchev–Trinajstić information content (AvgIpc) is 2.95. The maximum absolute atomic E-state index is 12.0. The van der Waals surface area contributed by atoms with Gasteiger partial charge < -0.3 is 14.5 Å². The van der Waals surface area contributed by atoms with Gasteiger partial charge in [0.05, 0.1) is 12.8 Å². The Balaban J connectivity index is 2.13. The fourth-order valence-electron chi connectivity index (χ4n) is 1.40. The quantitative estimate of drug-likeness (QED) is 0.919. The van der Waals surface area contributed by atoms with Gasteiger partial charge in [0.15, 0.2) is 5.89 Å². The maximum atomic E-state index is 12.0. The van der Waals surface area contributed by atoms with E-state index in [0.717, 1.165) is 11.5 Å². The molecule has 0 bridgehead atoms. The first kappa shape index (κ1) is 12.6. The minimum Gasteiger partial charge on any atom is -0.480 e. The van der Waals surface area contributed by atoms with Crippen LogP contribution < -0.4 is 10.1 Å². The van der Waals surface area contributed by atoms with E-state index >= 15 is 0 Å². The number of hydrogen-bond donors (Lipinski definition) is 1. The Morgan fingerprint density at radius 3 is 2.94 bits per heavy atom. The Morgan fingerprint density at radius 1 is 1.61 bits per heavy atom. The SMILES string of the molecule is CCc1nc(C)c(C(=O)Nc2cc(OC)ns2)o1. The fraction of sp³-hybridized carbons (Fsp3) is 0.364. The van der Waals surface area contributed by atoms with E-state index in [-0.39, 0.29) is 11.7 Å². The zero-order valence-corrected chi connectivity index (χ0v) is 11.1. The molecule has 0 saturated heterocycles. The van der Waals surface area contributed by atoms with Crippen molar-refractivity contribution in [2.24, 2.45) is 0 Å². The third-order valence-electron chi connectivity index (χ3n) is 2.28. The Bertz CT molecular complexity index is 562. The van der Waals surface area contributed by atoms with Crippen molar-refractivity contribution in [1.29, 1.82) is 0 Å². The van der Waals surface area contributed by atoms with Gasteiger partial charge in [-0.3, -0.25) is 4.79 Å². The maximum Gasteiger partial charge on any atom is 0.294 e. The van der Waals surface area contributed by atoms with Gasteiger partial charge in [0, 0.05) is 12.5 Å². The van der Waals surface area contributed by atoms with Crippen LogP contribution in [0.2, 0.25) is 0 Å². The van der Waals surface area contributed by atoms with E-state index in [1.54, 1.807) is 13.0 Å². The van der Waals surface area contributed by atoms with Gasteiger partial charge in [0.1, 0.15) is 5.00 Å². The molecular formula is C11H13N3O3S. The highest BCUT2D eigenvalue weighted by Crippen LogP contribution is 2.22. The lowest BCUT2D eigenvalue weighted by atomic mass is 10.3. The van der Waals surface area contributed by atoms with E-state index in [2.05, 4.69) is 14.7 Å². The molecule has 2 aromatic heterocycles. The van der Waals surface area contributed by atoms with E-state index in [1.807, 2.05) is 6.92 Å². The number of carbonyl (C=O) groups is 1. The predicted octanol–water partition coefficient (Wildman–Crippen LogP) is 2.26. The van der Waals surface area contributed by atoms with E-state index < -0.39 is 0 Å². The molecule has 2 rings (SSSR count). The number of oxazole rings is 1. The van der Waals surface area contributed by atoms with Crippen molar-refractivity contribution in [2.75, 3.05) is 12.4 Å². The number of aryl methyl sites for hydroxylation is 2. The van der Waals surface area contributed by atoms with Gasteiger partial charge >= 0.3 is 0 Å². The standard InChI is InChI=1S/C11H13N3O3S/c1-4-7-12-6(2)10(17-7)11(15)13-9-5-8(16-3)14-18-9/h5H,4H2,1-3H3,(H,13,15). The number of methoxy groups -OCH3 is 1. The largest absolute Gasteiger partial charge is 0.480 e. The monoisotopic (exact) mass is 267 g/mol. The van der Waals surface area contributed by atoms with E-state index in [4.69, 9.17) is 9.15 Å². The fourth-order valence-corrected chi connectivity index (χ4v) is 2.00. The second kappa shape index (κ2) is 5.18. The molecule has 0 aromatic carbocycles. The zero-order chi connectivity index (χ0) is 13.1. The molecule has 1 amide bonds. The molecule has 18 heavy (non-hydrogen) atoms. The normalized spacial score (nSPS) is 10.4. The van der Waals surface area contributed by atoms with Gasteiger partial charge in [-0.05, 0) is 18.5 Å². The summed E-state index contributed by atoms with van der Waals surface area (Å²) in [4.78, 5) is 16.1. The van der Waals surface area contributed by atoms with Crippen molar-refractivity contribution in [3.05, 3.63) is 23.4 Å². The van der Waals surface area contributed by atoms with Crippen LogP contribution in [0.1, 0.15) is 29.1 Å². The third kappa shape index (κ3) is 2.51. The third-order valence-corrected chi connectivity index (χ3v) is 2.97. The van der Waals surface area contributed by atoms with Crippen molar-refractivity contribution in [2.45, 2.75) is 20.3 Å². The summed E-state index contributed by atoms with van der Waals surface area (Å²) in [6.45, 7) is 3.66. The lowest BCUT2D eigenvalue weighted by molar-refractivity contribution is 0.0994. The summed E-state index contributed by atoms with van der Waals surface area (Å²) in [5.41, 5.74) is 0.584. The highest BCUT2D eigenvalue weighted by molar-refractivity contribution is 7.10. The molecule has 0 atom stereocenters. The van der Waals surface area contributed by atoms with Crippen molar-refractivity contribution in [3.8, 4) is 5.88 Å². The highest BCUT2D eigenvalue weighted by Gasteiger charge is 2.17. The molecule has 96 valence electrons. The number of amides is 1. The molecule has 0 spiro atoms. The molecule has 0 aliphatic heterocycles. The van der Waals surface area contributed by atoms with Crippen LogP contribution in [0.25, 0.3) is 0 Å². The van der Waals surface area contributed by atoms with Gasteiger partial charge in [-0.2, -0.15) is 4.37 Å². The van der Waals surface area contributed by atoms with Crippen LogP contribution in [-0.2, 0) is 6.42 Å². The second-order valence-electron chi connectivity index (χ2n) is 3.56. The molecule has 2 heterocycles. The molecule has 0 saturated carbocycles. The van der Waals surface area contributed by atoms with Gasteiger partial charge in [0.25, 0.3) is 5.91 Å². The van der Waals surface area contributed by atoms with Crippen molar-refractivity contribution in [1.82, 2.24) is 9.36 Å². The van der Waals surface area contributed by atoms with E-state index in [9.17, 15) is 4.79 Å². The highest BCUT2D eigenvalue weighted by atomic mass is 32.1. The Kier molecular flexibility index (Phi) is 3.61. The first-order valence-electron chi connectivity index (χ1n) is 5.42. The Labute approximate surface area is 108 Å². The van der Waals surface area contributed by atoms with Gasteiger partial charge in [-0.25, -0.2) is 4.98 Å². The molecule has 1 N–H and O–H groups in total. The van der Waals surface area contributed by atoms with E-state index in [1.165, 1.54) is 7.11 Å². The molecule has 0 radical (unpaired) electrons. The Morgan fingerprint density at radius 2 is 2.39 bits per heavy atom. The summed E-state index contributed by atoms with van der Waals surface area (Å²) in [5.74, 6) is 0.934. The smallest absolute Gasteiger partial charge is 0.294 e. The molecule has 0 unspecified atom stereocenters. The topological polar surface area (TPSA) is 77.2 Å². The van der Waals surface area contributed by atoms with Crippen molar-refractivity contribution >= 4 is 22.4 Å². The summed E-state index contributed by atoms with van der Waals surface area (Å²) in [7, 11) is 1.52. The zero-order valence-electron chi connectivity index (χ0n) is 10.3. The summed E-state index contributed by atoms with van der Waals surface area (Å²) >= 11 is 1.15. The molecular weight excluding hydrogens is 254 g/mol. The van der Waals surface area contributed by atoms with Gasteiger partial charge in [-0.15, -0.1) is 0 Å². The van der Waals surface area contributed by atoms with Gasteiger partial charge in [0.2, 0.25) is 11.6 Å². The number of hydrogen-bond acceptors (Lipinski definition) is 6. The van der Waals surface area contributed by atoms with Crippen molar-refractivity contribution < 1.29 is 13.9 Å². The first-order chi connectivity index (χ1) is 8.63. The number of nitrogens with zero attached hydrogens (tertiary/aromatic N) is 2. The molecule has 0 aliphatic carbocycles. The summed E-state index contributed by atoms with van der Waals surface area (Å²) in [5, 5.41) is 3.30. The summed E-state index contributed by atoms with van der Waals surface area (Å²) in [6, 6.07) is 1.65. The van der Waals surface area contributed by atoms with Crippen LogP contribution in [0.4, 0.5) is 5.00 Å². The number of carbonyl (C=O) groups excluding carboxylic acids is 1. The lowest BCUT2D eigenvalue weighted by Crippen LogP contribution is -2.11. The molecule has 2 aromatic rings. The minimum absolute atomic E-state index is 0.235. The van der Waals surface area contributed by atoms with Crippen LogP contribution in [0.5, 0.6) is 5.88 Å². The van der Waals surface area contributed by atoms with Crippen LogP contribution in [0.3, 0.4) is 0 Å². The average molecular weight is 267 g/mol. The minimum atomic E-state index is -0.328. The van der Waals surface area contributed by atoms with Crippen LogP contribution >= 0.6 is 11.5 Å². The second-order valence-corrected chi connectivity index (χ2v) is 4.37. The number of ether oxygens (including phenoxy) is 1. The molecule has 6 nitrogen and oxygen atoms in total. The van der Waals surface area contributed by atoms with E-state index in [0.29, 0.717) is 28.9 Å². The molecule has 0 fully saturated rings. The number of aromatic nitrogens is 2. The van der Waals surface area contributed by atoms with Crippen LogP contribution in [0, 0.1) is 6.92 Å². The van der Waals surface area contributed by atoms with Crippen molar-refractivity contribution in [3.63, 3.8) is 0 Å². The lowest BCUT2D eigenvalue weighted by Gasteiger charge is -1.98. The molecule has 0 aliphatic rings. The Hall–Kier alpha value is -1.89.